The van der Waals surface area contributed by atoms with E-state index in [1.807, 2.05) is 0 Å². The average Bonchev–Trinajstić information content (AvgIpc) is 2.10. The Morgan fingerprint density at radius 1 is 1.46 bits per heavy atom. The van der Waals surface area contributed by atoms with Crippen molar-refractivity contribution in [3.05, 3.63) is 34.6 Å². The number of ether oxygens (including phenoxy) is 1. The molecule has 0 amide bonds. The first-order chi connectivity index (χ1) is 6.25. The second kappa shape index (κ2) is 5.17. The molecule has 13 heavy (non-hydrogen) atoms. The second-order valence-electron chi connectivity index (χ2n) is 2.54. The van der Waals surface area contributed by atoms with Gasteiger partial charge in [-0.25, -0.2) is 4.39 Å². The zero-order valence-electron chi connectivity index (χ0n) is 7.09. The van der Waals surface area contributed by atoms with E-state index in [1.54, 1.807) is 12.1 Å². The first kappa shape index (κ1) is 10.4. The quantitative estimate of drug-likeness (QED) is 0.760. The SMILES string of the molecule is NCCOCc1c(F)cccc1Cl. The van der Waals surface area contributed by atoms with E-state index in [0.29, 0.717) is 23.7 Å². The van der Waals surface area contributed by atoms with Crippen molar-refractivity contribution in [2.75, 3.05) is 13.2 Å². The van der Waals surface area contributed by atoms with Crippen molar-refractivity contribution in [3.8, 4) is 0 Å². The summed E-state index contributed by atoms with van der Waals surface area (Å²) in [6.45, 7) is 0.999. The maximum Gasteiger partial charge on any atom is 0.130 e. The van der Waals surface area contributed by atoms with Crippen LogP contribution in [0.15, 0.2) is 18.2 Å². The minimum atomic E-state index is -0.343. The summed E-state index contributed by atoms with van der Waals surface area (Å²) in [6.07, 6.45) is 0. The molecule has 0 aliphatic heterocycles. The van der Waals surface area contributed by atoms with Crippen LogP contribution in [0.2, 0.25) is 5.02 Å². The summed E-state index contributed by atoms with van der Waals surface area (Å²) in [5, 5.41) is 0.386. The van der Waals surface area contributed by atoms with E-state index in [9.17, 15) is 4.39 Å². The minimum Gasteiger partial charge on any atom is -0.375 e. The lowest BCUT2D eigenvalue weighted by atomic mass is 10.2. The van der Waals surface area contributed by atoms with Crippen molar-refractivity contribution in [2.45, 2.75) is 6.61 Å². The number of hydrogen-bond donors (Lipinski definition) is 1. The summed E-state index contributed by atoms with van der Waals surface area (Å²) in [4.78, 5) is 0. The van der Waals surface area contributed by atoms with Gasteiger partial charge in [0.2, 0.25) is 0 Å². The fourth-order valence-electron chi connectivity index (χ4n) is 0.928. The topological polar surface area (TPSA) is 35.2 Å². The first-order valence-corrected chi connectivity index (χ1v) is 4.34. The molecule has 1 aromatic carbocycles. The Bertz CT molecular complexity index is 260. The van der Waals surface area contributed by atoms with E-state index in [1.165, 1.54) is 6.07 Å². The van der Waals surface area contributed by atoms with Crippen LogP contribution >= 0.6 is 11.6 Å². The van der Waals surface area contributed by atoms with Crippen LogP contribution in [0.4, 0.5) is 4.39 Å². The van der Waals surface area contributed by atoms with Crippen LogP contribution in [0, 0.1) is 5.82 Å². The van der Waals surface area contributed by atoms with Gasteiger partial charge in [-0.2, -0.15) is 0 Å². The highest BCUT2D eigenvalue weighted by Gasteiger charge is 2.05. The molecule has 0 atom stereocenters. The van der Waals surface area contributed by atoms with Crippen LogP contribution < -0.4 is 5.73 Å². The van der Waals surface area contributed by atoms with E-state index >= 15 is 0 Å². The number of halogens is 2. The zero-order chi connectivity index (χ0) is 9.68. The number of rotatable bonds is 4. The van der Waals surface area contributed by atoms with Gasteiger partial charge in [-0.05, 0) is 12.1 Å². The summed E-state index contributed by atoms with van der Waals surface area (Å²) in [7, 11) is 0. The summed E-state index contributed by atoms with van der Waals surface area (Å²) >= 11 is 5.76. The normalized spacial score (nSPS) is 10.4. The molecule has 0 spiro atoms. The molecule has 1 rings (SSSR count). The molecule has 0 aromatic heterocycles. The number of nitrogens with two attached hydrogens (primary N) is 1. The Morgan fingerprint density at radius 2 is 2.23 bits per heavy atom. The average molecular weight is 204 g/mol. The third-order valence-electron chi connectivity index (χ3n) is 1.57. The third kappa shape index (κ3) is 2.95. The smallest absolute Gasteiger partial charge is 0.130 e. The molecule has 0 fully saturated rings. The largest absolute Gasteiger partial charge is 0.375 e. The van der Waals surface area contributed by atoms with Crippen molar-refractivity contribution < 1.29 is 9.13 Å². The molecule has 72 valence electrons. The summed E-state index contributed by atoms with van der Waals surface area (Å²) < 4.78 is 18.2. The van der Waals surface area contributed by atoms with Crippen molar-refractivity contribution >= 4 is 11.6 Å². The molecule has 1 aromatic rings. The van der Waals surface area contributed by atoms with Gasteiger partial charge in [-0.3, -0.25) is 0 Å². The highest BCUT2D eigenvalue weighted by atomic mass is 35.5. The molecular formula is C9H11ClFNO. The zero-order valence-corrected chi connectivity index (χ0v) is 7.85. The molecule has 2 N–H and O–H groups in total. The molecule has 0 saturated carbocycles. The fourth-order valence-corrected chi connectivity index (χ4v) is 1.15. The lowest BCUT2D eigenvalue weighted by molar-refractivity contribution is 0.126. The highest BCUT2D eigenvalue weighted by molar-refractivity contribution is 6.31. The Morgan fingerprint density at radius 3 is 2.85 bits per heavy atom. The van der Waals surface area contributed by atoms with Gasteiger partial charge < -0.3 is 10.5 Å². The Kier molecular flexibility index (Phi) is 4.15. The Balaban J connectivity index is 2.64. The first-order valence-electron chi connectivity index (χ1n) is 3.96. The molecule has 0 aliphatic carbocycles. The van der Waals surface area contributed by atoms with Gasteiger partial charge >= 0.3 is 0 Å². The molecule has 0 unspecified atom stereocenters. The molecule has 0 bridgehead atoms. The van der Waals surface area contributed by atoms with Crippen LogP contribution in [0.5, 0.6) is 0 Å². The van der Waals surface area contributed by atoms with E-state index in [0.717, 1.165) is 0 Å². The van der Waals surface area contributed by atoms with Gasteiger partial charge in [0.25, 0.3) is 0 Å². The van der Waals surface area contributed by atoms with Crippen LogP contribution in [0.25, 0.3) is 0 Å². The van der Waals surface area contributed by atoms with Gasteiger partial charge in [-0.1, -0.05) is 17.7 Å². The monoisotopic (exact) mass is 203 g/mol. The van der Waals surface area contributed by atoms with Gasteiger partial charge in [0.1, 0.15) is 5.82 Å². The van der Waals surface area contributed by atoms with Crippen LogP contribution in [0.1, 0.15) is 5.56 Å². The second-order valence-corrected chi connectivity index (χ2v) is 2.95. The fraction of sp³-hybridized carbons (Fsp3) is 0.333. The molecule has 0 saturated heterocycles. The molecule has 0 radical (unpaired) electrons. The molecule has 2 nitrogen and oxygen atoms in total. The van der Waals surface area contributed by atoms with Gasteiger partial charge in [0, 0.05) is 17.1 Å². The van der Waals surface area contributed by atoms with Gasteiger partial charge in [-0.15, -0.1) is 0 Å². The van der Waals surface area contributed by atoms with Crippen molar-refractivity contribution in [1.29, 1.82) is 0 Å². The van der Waals surface area contributed by atoms with Crippen LogP contribution in [0.3, 0.4) is 0 Å². The van der Waals surface area contributed by atoms with Gasteiger partial charge in [0.05, 0.1) is 13.2 Å². The Labute approximate surface area is 81.4 Å². The van der Waals surface area contributed by atoms with Crippen LogP contribution in [-0.2, 0) is 11.3 Å². The standard InChI is InChI=1S/C9H11ClFNO/c10-8-2-1-3-9(11)7(8)6-13-5-4-12/h1-3H,4-6,12H2. The van der Waals surface area contributed by atoms with E-state index in [-0.39, 0.29) is 12.4 Å². The molecular weight excluding hydrogens is 193 g/mol. The highest BCUT2D eigenvalue weighted by Crippen LogP contribution is 2.19. The number of hydrogen-bond acceptors (Lipinski definition) is 2. The summed E-state index contributed by atoms with van der Waals surface area (Å²) in [5.41, 5.74) is 5.60. The molecule has 0 aliphatic rings. The maximum absolute atomic E-state index is 13.1. The van der Waals surface area contributed by atoms with E-state index < -0.39 is 0 Å². The summed E-state index contributed by atoms with van der Waals surface area (Å²) in [5.74, 6) is -0.343. The summed E-state index contributed by atoms with van der Waals surface area (Å²) in [6, 6.07) is 4.54. The number of benzene rings is 1. The molecule has 0 heterocycles. The lowest BCUT2D eigenvalue weighted by Gasteiger charge is -2.05. The van der Waals surface area contributed by atoms with Crippen molar-refractivity contribution in [3.63, 3.8) is 0 Å². The van der Waals surface area contributed by atoms with Crippen molar-refractivity contribution in [1.82, 2.24) is 0 Å². The van der Waals surface area contributed by atoms with Crippen molar-refractivity contribution in [2.24, 2.45) is 5.73 Å². The van der Waals surface area contributed by atoms with Gasteiger partial charge in [0.15, 0.2) is 0 Å². The third-order valence-corrected chi connectivity index (χ3v) is 1.92. The lowest BCUT2D eigenvalue weighted by Crippen LogP contribution is -2.08. The van der Waals surface area contributed by atoms with Crippen LogP contribution in [-0.4, -0.2) is 13.2 Å². The predicted molar refractivity (Wildman–Crippen MR) is 50.1 cm³/mol. The Hall–Kier alpha value is -0.640. The molecule has 4 heteroatoms. The van der Waals surface area contributed by atoms with E-state index in [2.05, 4.69) is 0 Å². The maximum atomic E-state index is 13.1. The van der Waals surface area contributed by atoms with E-state index in [4.69, 9.17) is 22.1 Å². The predicted octanol–water partition coefficient (Wildman–Crippen LogP) is 1.95. The minimum absolute atomic E-state index is 0.169.